The Morgan fingerprint density at radius 1 is 1.10 bits per heavy atom. The van der Waals surface area contributed by atoms with Crippen molar-refractivity contribution in [1.29, 1.82) is 0 Å². The number of sulfone groups is 1. The van der Waals surface area contributed by atoms with Crippen molar-refractivity contribution in [2.45, 2.75) is 50.6 Å². The van der Waals surface area contributed by atoms with E-state index in [0.717, 1.165) is 19.3 Å². The molecule has 2 amide bonds. The number of aliphatic carboxylic acids is 1. The Balaban J connectivity index is 2.01. The highest BCUT2D eigenvalue weighted by Crippen LogP contribution is 2.18. The molecule has 2 atom stereocenters. The second-order valence-corrected chi connectivity index (χ2v) is 8.03. The lowest BCUT2D eigenvalue weighted by Gasteiger charge is -2.30. The van der Waals surface area contributed by atoms with Gasteiger partial charge in [0, 0.05) is 12.6 Å². The number of urea groups is 1. The molecular formula is C13H22N2O5S. The number of likely N-dealkylation sites (tertiary alicyclic amines) is 1. The summed E-state index contributed by atoms with van der Waals surface area (Å²) in [5, 5.41) is 12.0. The van der Waals surface area contributed by atoms with E-state index in [-0.39, 0.29) is 11.5 Å². The van der Waals surface area contributed by atoms with Crippen molar-refractivity contribution < 1.29 is 23.1 Å². The van der Waals surface area contributed by atoms with Gasteiger partial charge in [-0.3, -0.25) is 0 Å². The minimum Gasteiger partial charge on any atom is -0.480 e. The minimum absolute atomic E-state index is 0.0513. The summed E-state index contributed by atoms with van der Waals surface area (Å²) in [6.45, 7) is 0.405. The molecule has 0 aromatic carbocycles. The van der Waals surface area contributed by atoms with Gasteiger partial charge in [0.15, 0.2) is 9.84 Å². The highest BCUT2D eigenvalue weighted by Gasteiger charge is 2.33. The molecule has 2 aliphatic rings. The second kappa shape index (κ2) is 6.64. The number of rotatable bonds is 2. The van der Waals surface area contributed by atoms with E-state index in [9.17, 15) is 23.1 Å². The second-order valence-electron chi connectivity index (χ2n) is 5.80. The molecule has 2 aliphatic heterocycles. The lowest BCUT2D eigenvalue weighted by Crippen LogP contribution is -2.53. The van der Waals surface area contributed by atoms with Crippen LogP contribution in [0.15, 0.2) is 0 Å². The van der Waals surface area contributed by atoms with E-state index in [1.165, 1.54) is 4.90 Å². The van der Waals surface area contributed by atoms with Crippen molar-refractivity contribution in [3.05, 3.63) is 0 Å². The molecule has 2 N–H and O–H groups in total. The summed E-state index contributed by atoms with van der Waals surface area (Å²) in [5.74, 6) is -0.881. The van der Waals surface area contributed by atoms with E-state index in [2.05, 4.69) is 5.32 Å². The number of hydrogen-bond acceptors (Lipinski definition) is 4. The van der Waals surface area contributed by atoms with Crippen LogP contribution in [0.3, 0.4) is 0 Å². The molecule has 0 saturated carbocycles. The van der Waals surface area contributed by atoms with Crippen LogP contribution >= 0.6 is 0 Å². The summed E-state index contributed by atoms with van der Waals surface area (Å²) in [6.07, 6.45) is 4.09. The topological polar surface area (TPSA) is 104 Å². The van der Waals surface area contributed by atoms with Crippen LogP contribution < -0.4 is 5.32 Å². The van der Waals surface area contributed by atoms with E-state index in [1.807, 2.05) is 0 Å². The third kappa shape index (κ3) is 4.33. The van der Waals surface area contributed by atoms with Crippen molar-refractivity contribution in [2.24, 2.45) is 0 Å². The number of carboxylic acids is 1. The zero-order chi connectivity index (χ0) is 15.5. The summed E-state index contributed by atoms with van der Waals surface area (Å²) >= 11 is 0. The van der Waals surface area contributed by atoms with Crippen LogP contribution in [0, 0.1) is 0 Å². The summed E-state index contributed by atoms with van der Waals surface area (Å²) in [7, 11) is -3.09. The third-order valence-corrected chi connectivity index (χ3v) is 5.91. The lowest BCUT2D eigenvalue weighted by molar-refractivity contribution is -0.142. The van der Waals surface area contributed by atoms with Crippen molar-refractivity contribution in [1.82, 2.24) is 10.2 Å². The van der Waals surface area contributed by atoms with Crippen LogP contribution in [0.25, 0.3) is 0 Å². The molecule has 0 aromatic rings. The van der Waals surface area contributed by atoms with Gasteiger partial charge < -0.3 is 15.3 Å². The average molecular weight is 318 g/mol. The number of carboxylic acid groups (broad SMARTS) is 1. The van der Waals surface area contributed by atoms with Crippen LogP contribution in [-0.2, 0) is 14.6 Å². The fourth-order valence-corrected chi connectivity index (χ4v) is 4.64. The van der Waals surface area contributed by atoms with Gasteiger partial charge in [-0.15, -0.1) is 0 Å². The minimum atomic E-state index is -3.09. The molecular weight excluding hydrogens is 296 g/mol. The number of nitrogens with one attached hydrogen (secondary N) is 1. The van der Waals surface area contributed by atoms with Gasteiger partial charge in [0.25, 0.3) is 0 Å². The smallest absolute Gasteiger partial charge is 0.326 e. The van der Waals surface area contributed by atoms with Crippen molar-refractivity contribution in [3.63, 3.8) is 0 Å². The molecule has 0 radical (unpaired) electrons. The molecule has 0 aliphatic carbocycles. The Hall–Kier alpha value is -1.31. The van der Waals surface area contributed by atoms with Gasteiger partial charge in [0.1, 0.15) is 6.04 Å². The molecule has 7 nitrogen and oxygen atoms in total. The van der Waals surface area contributed by atoms with Crippen LogP contribution in [0.5, 0.6) is 0 Å². The normalized spacial score (nSPS) is 29.4. The number of amides is 2. The maximum atomic E-state index is 12.3. The summed E-state index contributed by atoms with van der Waals surface area (Å²) < 4.78 is 23.2. The molecule has 2 heterocycles. The first kappa shape index (κ1) is 16.1. The number of nitrogens with zero attached hydrogens (tertiary/aromatic N) is 1. The van der Waals surface area contributed by atoms with Gasteiger partial charge in [-0.1, -0.05) is 12.8 Å². The van der Waals surface area contributed by atoms with Gasteiger partial charge in [-0.25, -0.2) is 18.0 Å². The summed E-state index contributed by atoms with van der Waals surface area (Å²) in [6, 6.07) is -1.67. The molecule has 8 heteroatoms. The first-order chi connectivity index (χ1) is 9.89. The predicted molar refractivity (Wildman–Crippen MR) is 76.8 cm³/mol. The highest BCUT2D eigenvalue weighted by atomic mass is 32.2. The van der Waals surface area contributed by atoms with E-state index in [0.29, 0.717) is 25.8 Å². The standard InChI is InChI=1S/C13H22N2O5S/c16-12(17)11-6-2-1-3-7-15(11)13(18)14-10-5-4-8-21(19,20)9-10/h10-11H,1-9H2,(H,14,18)(H,16,17). The molecule has 2 unspecified atom stereocenters. The molecule has 21 heavy (non-hydrogen) atoms. The highest BCUT2D eigenvalue weighted by molar-refractivity contribution is 7.91. The zero-order valence-corrected chi connectivity index (χ0v) is 12.8. The average Bonchev–Trinajstić information content (AvgIpc) is 2.62. The molecule has 120 valence electrons. The zero-order valence-electron chi connectivity index (χ0n) is 12.0. The van der Waals surface area contributed by atoms with E-state index in [4.69, 9.17) is 0 Å². The molecule has 2 saturated heterocycles. The first-order valence-electron chi connectivity index (χ1n) is 7.39. The fourth-order valence-electron chi connectivity index (χ4n) is 3.00. The molecule has 2 rings (SSSR count). The lowest BCUT2D eigenvalue weighted by atomic mass is 10.1. The molecule has 0 bridgehead atoms. The number of hydrogen-bond donors (Lipinski definition) is 2. The van der Waals surface area contributed by atoms with Gasteiger partial charge in [0.05, 0.1) is 11.5 Å². The maximum Gasteiger partial charge on any atom is 0.326 e. The van der Waals surface area contributed by atoms with Crippen LogP contribution in [0.1, 0.15) is 38.5 Å². The van der Waals surface area contributed by atoms with Gasteiger partial charge in [-0.2, -0.15) is 0 Å². The first-order valence-corrected chi connectivity index (χ1v) is 9.21. The number of carbonyl (C=O) groups excluding carboxylic acids is 1. The van der Waals surface area contributed by atoms with E-state index < -0.39 is 33.9 Å². The Morgan fingerprint density at radius 2 is 1.86 bits per heavy atom. The molecule has 0 spiro atoms. The molecule has 0 aromatic heterocycles. The van der Waals surface area contributed by atoms with Crippen LogP contribution in [0.4, 0.5) is 4.79 Å². The largest absolute Gasteiger partial charge is 0.480 e. The van der Waals surface area contributed by atoms with Gasteiger partial charge in [0.2, 0.25) is 0 Å². The van der Waals surface area contributed by atoms with Crippen molar-refractivity contribution in [2.75, 3.05) is 18.1 Å². The van der Waals surface area contributed by atoms with Crippen molar-refractivity contribution in [3.8, 4) is 0 Å². The fraction of sp³-hybridized carbons (Fsp3) is 0.846. The van der Waals surface area contributed by atoms with Gasteiger partial charge in [-0.05, 0) is 25.7 Å². The van der Waals surface area contributed by atoms with E-state index in [1.54, 1.807) is 0 Å². The quantitative estimate of drug-likeness (QED) is 0.776. The van der Waals surface area contributed by atoms with Gasteiger partial charge >= 0.3 is 12.0 Å². The Bertz CT molecular complexity index is 505. The third-order valence-electron chi connectivity index (χ3n) is 4.09. The number of carbonyl (C=O) groups is 2. The Kier molecular flexibility index (Phi) is 5.08. The molecule has 2 fully saturated rings. The monoisotopic (exact) mass is 318 g/mol. The van der Waals surface area contributed by atoms with Crippen LogP contribution in [-0.4, -0.2) is 60.6 Å². The summed E-state index contributed by atoms with van der Waals surface area (Å²) in [5.41, 5.74) is 0. The van der Waals surface area contributed by atoms with Crippen molar-refractivity contribution >= 4 is 21.8 Å². The van der Waals surface area contributed by atoms with E-state index >= 15 is 0 Å². The Morgan fingerprint density at radius 3 is 2.52 bits per heavy atom. The Labute approximate surface area is 124 Å². The predicted octanol–water partition coefficient (Wildman–Crippen LogP) is 0.602. The summed E-state index contributed by atoms with van der Waals surface area (Å²) in [4.78, 5) is 24.9. The maximum absolute atomic E-state index is 12.3. The van der Waals surface area contributed by atoms with Crippen LogP contribution in [0.2, 0.25) is 0 Å². The SMILES string of the molecule is O=C(O)C1CCCCCN1C(=O)NC1CCCS(=O)(=O)C1.